The van der Waals surface area contributed by atoms with E-state index in [-0.39, 0.29) is 0 Å². The second kappa shape index (κ2) is 5.38. The third-order valence-electron chi connectivity index (χ3n) is 5.69. The summed E-state index contributed by atoms with van der Waals surface area (Å²) in [6.07, 6.45) is 6.60. The van der Waals surface area contributed by atoms with Crippen LogP contribution < -0.4 is 4.90 Å². The number of anilines is 1. The molecule has 0 radical (unpaired) electrons. The lowest BCUT2D eigenvalue weighted by atomic mass is 10.1. The van der Waals surface area contributed by atoms with Crippen molar-refractivity contribution in [2.45, 2.75) is 18.9 Å². The van der Waals surface area contributed by atoms with Crippen LogP contribution in [-0.2, 0) is 7.05 Å². The molecule has 6 rings (SSSR count). The predicted octanol–water partition coefficient (Wildman–Crippen LogP) is 2.85. The standard InChI is InChI=1S/C19H23N5/c1-22-7-4-14-2-3-15(12-18(14)22)17-13-20-19(21-17)24-11-10-23-8-5-16(24)6-9-23/h2-4,7,12-13,16H,5-6,8-11H2,1H3,(H,20,21). The number of nitrogens with zero attached hydrogens (tertiary/aromatic N) is 4. The Balaban J connectivity index is 1.48. The van der Waals surface area contributed by atoms with Gasteiger partial charge in [-0.05, 0) is 30.4 Å². The predicted molar refractivity (Wildman–Crippen MR) is 97.3 cm³/mol. The molecule has 2 aromatic heterocycles. The molecule has 5 heterocycles. The van der Waals surface area contributed by atoms with Gasteiger partial charge in [-0.2, -0.15) is 0 Å². The van der Waals surface area contributed by atoms with Crippen LogP contribution in [0.2, 0.25) is 0 Å². The van der Waals surface area contributed by atoms with E-state index < -0.39 is 0 Å². The number of rotatable bonds is 2. The monoisotopic (exact) mass is 321 g/mol. The van der Waals surface area contributed by atoms with Crippen molar-refractivity contribution >= 4 is 16.9 Å². The van der Waals surface area contributed by atoms with Crippen molar-refractivity contribution in [3.8, 4) is 11.3 Å². The highest BCUT2D eigenvalue weighted by Crippen LogP contribution is 2.28. The lowest BCUT2D eigenvalue weighted by Crippen LogP contribution is -2.38. The molecule has 0 spiro atoms. The molecule has 124 valence electrons. The van der Waals surface area contributed by atoms with E-state index in [1.807, 2.05) is 6.20 Å². The minimum absolute atomic E-state index is 0.637. The molecule has 0 saturated carbocycles. The number of aromatic nitrogens is 3. The molecular weight excluding hydrogens is 298 g/mol. The van der Waals surface area contributed by atoms with Crippen LogP contribution in [0.25, 0.3) is 22.2 Å². The summed E-state index contributed by atoms with van der Waals surface area (Å²) in [5.41, 5.74) is 3.56. The van der Waals surface area contributed by atoms with E-state index in [2.05, 4.69) is 56.9 Å². The highest BCUT2D eigenvalue weighted by atomic mass is 15.3. The zero-order valence-corrected chi connectivity index (χ0v) is 14.1. The second-order valence-corrected chi connectivity index (χ2v) is 7.09. The molecule has 1 aromatic carbocycles. The van der Waals surface area contributed by atoms with Gasteiger partial charge in [0.25, 0.3) is 0 Å². The minimum Gasteiger partial charge on any atom is -0.351 e. The van der Waals surface area contributed by atoms with Crippen molar-refractivity contribution in [2.24, 2.45) is 7.05 Å². The Morgan fingerprint density at radius 3 is 2.83 bits per heavy atom. The van der Waals surface area contributed by atoms with E-state index in [4.69, 9.17) is 4.98 Å². The first-order valence-electron chi connectivity index (χ1n) is 8.87. The van der Waals surface area contributed by atoms with Crippen LogP contribution in [0.3, 0.4) is 0 Å². The van der Waals surface area contributed by atoms with Crippen LogP contribution in [0.5, 0.6) is 0 Å². The van der Waals surface area contributed by atoms with Crippen molar-refractivity contribution in [1.29, 1.82) is 0 Å². The van der Waals surface area contributed by atoms with E-state index >= 15 is 0 Å². The van der Waals surface area contributed by atoms with Crippen LogP contribution in [0.4, 0.5) is 5.95 Å². The zero-order valence-electron chi connectivity index (χ0n) is 14.1. The molecule has 3 aliphatic rings. The number of imidazole rings is 1. The molecule has 2 bridgehead atoms. The number of piperidine rings is 1. The van der Waals surface area contributed by atoms with Gasteiger partial charge in [0.2, 0.25) is 5.95 Å². The Bertz CT molecular complexity index is 869. The number of nitrogens with one attached hydrogen (secondary N) is 1. The van der Waals surface area contributed by atoms with Gasteiger partial charge in [0.05, 0.1) is 11.9 Å². The van der Waals surface area contributed by atoms with Gasteiger partial charge < -0.3 is 19.4 Å². The number of benzene rings is 1. The van der Waals surface area contributed by atoms with E-state index in [0.717, 1.165) is 24.7 Å². The molecule has 0 atom stereocenters. The first kappa shape index (κ1) is 14.1. The highest BCUT2D eigenvalue weighted by molar-refractivity contribution is 5.84. The Morgan fingerprint density at radius 2 is 1.96 bits per heavy atom. The van der Waals surface area contributed by atoms with Crippen molar-refractivity contribution in [3.05, 3.63) is 36.7 Å². The SMILES string of the molecule is Cn1ccc2ccc(-c3cnc(N4CCN5CCC4CC5)[nH]3)cc21. The van der Waals surface area contributed by atoms with Crippen molar-refractivity contribution in [2.75, 3.05) is 31.1 Å². The summed E-state index contributed by atoms with van der Waals surface area (Å²) in [6.45, 7) is 4.70. The molecule has 5 heteroatoms. The first-order valence-corrected chi connectivity index (χ1v) is 8.87. The number of hydrogen-bond acceptors (Lipinski definition) is 3. The van der Waals surface area contributed by atoms with Gasteiger partial charge in [-0.1, -0.05) is 12.1 Å². The van der Waals surface area contributed by atoms with Crippen LogP contribution in [0, 0.1) is 0 Å². The highest BCUT2D eigenvalue weighted by Gasteiger charge is 2.30. The molecule has 24 heavy (non-hydrogen) atoms. The smallest absolute Gasteiger partial charge is 0.203 e. The van der Waals surface area contributed by atoms with E-state index in [1.165, 1.54) is 42.4 Å². The summed E-state index contributed by atoms with van der Waals surface area (Å²) in [5.74, 6) is 1.03. The summed E-state index contributed by atoms with van der Waals surface area (Å²) >= 11 is 0. The number of fused-ring (bicyclic) bond motifs is 5. The maximum Gasteiger partial charge on any atom is 0.203 e. The zero-order chi connectivity index (χ0) is 16.1. The minimum atomic E-state index is 0.637. The van der Waals surface area contributed by atoms with Gasteiger partial charge in [-0.15, -0.1) is 0 Å². The van der Waals surface area contributed by atoms with Crippen LogP contribution in [0.1, 0.15) is 12.8 Å². The Labute approximate surface area is 141 Å². The van der Waals surface area contributed by atoms with Gasteiger partial charge >= 0.3 is 0 Å². The summed E-state index contributed by atoms with van der Waals surface area (Å²) in [5, 5.41) is 1.28. The number of hydrogen-bond donors (Lipinski definition) is 1. The maximum absolute atomic E-state index is 4.71. The average molecular weight is 321 g/mol. The molecule has 5 nitrogen and oxygen atoms in total. The molecule has 0 amide bonds. The molecule has 3 aromatic rings. The van der Waals surface area contributed by atoms with Crippen LogP contribution >= 0.6 is 0 Å². The first-order chi connectivity index (χ1) is 11.8. The third kappa shape index (κ3) is 2.23. The summed E-state index contributed by atoms with van der Waals surface area (Å²) in [6, 6.07) is 9.40. The van der Waals surface area contributed by atoms with Gasteiger partial charge in [-0.3, -0.25) is 0 Å². The number of H-pyrrole nitrogens is 1. The van der Waals surface area contributed by atoms with Crippen molar-refractivity contribution in [1.82, 2.24) is 19.4 Å². The Morgan fingerprint density at radius 1 is 1.08 bits per heavy atom. The fourth-order valence-electron chi connectivity index (χ4n) is 4.20. The van der Waals surface area contributed by atoms with Gasteiger partial charge in [0.15, 0.2) is 0 Å². The normalized spacial score (nSPS) is 23.8. The number of aryl methyl sites for hydroxylation is 1. The van der Waals surface area contributed by atoms with E-state index in [1.54, 1.807) is 0 Å². The van der Waals surface area contributed by atoms with Crippen molar-refractivity contribution in [3.63, 3.8) is 0 Å². The maximum atomic E-state index is 4.71. The molecule has 3 saturated heterocycles. The number of aromatic amines is 1. The summed E-state index contributed by atoms with van der Waals surface area (Å²) in [4.78, 5) is 13.3. The van der Waals surface area contributed by atoms with Gasteiger partial charge in [0.1, 0.15) is 0 Å². The fraction of sp³-hybridized carbons (Fsp3) is 0.421. The largest absolute Gasteiger partial charge is 0.351 e. The van der Waals surface area contributed by atoms with E-state index in [0.29, 0.717) is 6.04 Å². The topological polar surface area (TPSA) is 40.1 Å². The quantitative estimate of drug-likeness (QED) is 0.789. The molecular formula is C19H23N5. The lowest BCUT2D eigenvalue weighted by Gasteiger charge is -2.31. The Kier molecular flexibility index (Phi) is 3.16. The van der Waals surface area contributed by atoms with Crippen molar-refractivity contribution < 1.29 is 0 Å². The summed E-state index contributed by atoms with van der Waals surface area (Å²) < 4.78 is 2.16. The molecule has 0 aliphatic carbocycles. The Hall–Kier alpha value is -2.27. The van der Waals surface area contributed by atoms with E-state index in [9.17, 15) is 0 Å². The molecule has 3 fully saturated rings. The van der Waals surface area contributed by atoms with Crippen LogP contribution in [0.15, 0.2) is 36.7 Å². The molecule has 0 unspecified atom stereocenters. The van der Waals surface area contributed by atoms with Crippen LogP contribution in [-0.4, -0.2) is 51.7 Å². The second-order valence-electron chi connectivity index (χ2n) is 7.09. The average Bonchev–Trinajstić information content (AvgIpc) is 3.13. The fourth-order valence-corrected chi connectivity index (χ4v) is 4.20. The summed E-state index contributed by atoms with van der Waals surface area (Å²) in [7, 11) is 2.09. The molecule has 3 aliphatic heterocycles. The third-order valence-corrected chi connectivity index (χ3v) is 5.69. The lowest BCUT2D eigenvalue weighted by molar-refractivity contribution is 0.250. The molecule has 1 N–H and O–H groups in total. The van der Waals surface area contributed by atoms with Gasteiger partial charge in [0, 0.05) is 56.5 Å². The van der Waals surface area contributed by atoms with Gasteiger partial charge in [-0.25, -0.2) is 4.98 Å².